The maximum Gasteiger partial charge on any atom is 0.251 e. The molecule has 0 unspecified atom stereocenters. The first-order chi connectivity index (χ1) is 11.5. The van der Waals surface area contributed by atoms with Gasteiger partial charge in [0.1, 0.15) is 0 Å². The van der Waals surface area contributed by atoms with Crippen LogP contribution in [0.15, 0.2) is 53.6 Å². The van der Waals surface area contributed by atoms with Crippen LogP contribution < -0.4 is 10.0 Å². The molecule has 6 nitrogen and oxygen atoms in total. The number of carbonyl (C=O) groups is 1. The first kappa shape index (κ1) is 18.1. The normalized spacial score (nSPS) is 11.2. The Bertz CT molecular complexity index is 759. The molecule has 0 radical (unpaired) electrons. The Kier molecular flexibility index (Phi) is 6.45. The van der Waals surface area contributed by atoms with E-state index in [0.29, 0.717) is 18.7 Å². The number of rotatable bonds is 8. The summed E-state index contributed by atoms with van der Waals surface area (Å²) in [5.74, 6) is -0.274. The quantitative estimate of drug-likeness (QED) is 0.716. The summed E-state index contributed by atoms with van der Waals surface area (Å²) >= 11 is 0. The summed E-state index contributed by atoms with van der Waals surface area (Å²) in [6, 6.07) is 11.3. The molecule has 1 aromatic heterocycles. The first-order valence-corrected chi connectivity index (χ1v) is 9.29. The largest absolute Gasteiger partial charge is 0.346 e. The fourth-order valence-corrected chi connectivity index (χ4v) is 3.10. The third-order valence-corrected chi connectivity index (χ3v) is 4.88. The topological polar surface area (TPSA) is 88.2 Å². The van der Waals surface area contributed by atoms with Gasteiger partial charge in [0.25, 0.3) is 5.91 Å². The van der Waals surface area contributed by atoms with Gasteiger partial charge in [0.2, 0.25) is 10.0 Å². The van der Waals surface area contributed by atoms with Crippen LogP contribution in [-0.2, 0) is 16.6 Å². The van der Waals surface area contributed by atoms with Crippen molar-refractivity contribution in [3.63, 3.8) is 0 Å². The van der Waals surface area contributed by atoms with E-state index in [1.165, 1.54) is 24.3 Å². The smallest absolute Gasteiger partial charge is 0.251 e. The van der Waals surface area contributed by atoms with Crippen molar-refractivity contribution < 1.29 is 13.2 Å². The molecule has 0 bridgehead atoms. The van der Waals surface area contributed by atoms with Gasteiger partial charge in [-0.3, -0.25) is 9.78 Å². The predicted octanol–water partition coefficient (Wildman–Crippen LogP) is 2.09. The monoisotopic (exact) mass is 347 g/mol. The Morgan fingerprint density at radius 1 is 1.12 bits per heavy atom. The van der Waals surface area contributed by atoms with Crippen molar-refractivity contribution in [2.45, 2.75) is 31.2 Å². The Balaban J connectivity index is 1.97. The number of sulfonamides is 1. The highest BCUT2D eigenvalue weighted by atomic mass is 32.2. The van der Waals surface area contributed by atoms with Crippen LogP contribution >= 0.6 is 0 Å². The molecule has 2 aromatic rings. The van der Waals surface area contributed by atoms with Crippen molar-refractivity contribution in [3.8, 4) is 0 Å². The van der Waals surface area contributed by atoms with E-state index < -0.39 is 10.0 Å². The van der Waals surface area contributed by atoms with E-state index in [-0.39, 0.29) is 10.8 Å². The number of pyridine rings is 1. The molecule has 0 atom stereocenters. The van der Waals surface area contributed by atoms with Crippen molar-refractivity contribution in [2.24, 2.45) is 0 Å². The SMILES string of the molecule is CCCCNS(=O)(=O)c1ccc(C(=O)NCc2ccccn2)cc1. The van der Waals surface area contributed by atoms with Gasteiger partial charge in [0.15, 0.2) is 0 Å². The van der Waals surface area contributed by atoms with Gasteiger partial charge >= 0.3 is 0 Å². The summed E-state index contributed by atoms with van der Waals surface area (Å²) in [6.45, 7) is 2.72. The summed E-state index contributed by atoms with van der Waals surface area (Å²) in [6.07, 6.45) is 3.36. The Morgan fingerprint density at radius 2 is 1.88 bits per heavy atom. The highest BCUT2D eigenvalue weighted by molar-refractivity contribution is 7.89. The van der Waals surface area contributed by atoms with Crippen LogP contribution in [0, 0.1) is 0 Å². The molecule has 0 saturated carbocycles. The van der Waals surface area contributed by atoms with Gasteiger partial charge < -0.3 is 5.32 Å². The molecule has 0 spiro atoms. The number of benzene rings is 1. The van der Waals surface area contributed by atoms with Crippen molar-refractivity contribution in [2.75, 3.05) is 6.54 Å². The first-order valence-electron chi connectivity index (χ1n) is 7.81. The number of nitrogens with zero attached hydrogens (tertiary/aromatic N) is 1. The van der Waals surface area contributed by atoms with Crippen molar-refractivity contribution >= 4 is 15.9 Å². The minimum Gasteiger partial charge on any atom is -0.346 e. The summed E-state index contributed by atoms with van der Waals surface area (Å²) in [4.78, 5) is 16.4. The molecule has 2 N–H and O–H groups in total. The van der Waals surface area contributed by atoms with E-state index in [1.807, 2.05) is 19.1 Å². The van der Waals surface area contributed by atoms with E-state index >= 15 is 0 Å². The molecule has 0 aliphatic heterocycles. The molecule has 1 aromatic carbocycles. The number of amides is 1. The third-order valence-electron chi connectivity index (χ3n) is 3.41. The number of carbonyl (C=O) groups excluding carboxylic acids is 1. The zero-order chi connectivity index (χ0) is 17.4. The average Bonchev–Trinajstić information content (AvgIpc) is 2.61. The fraction of sp³-hybridized carbons (Fsp3) is 0.294. The van der Waals surface area contributed by atoms with E-state index in [9.17, 15) is 13.2 Å². The molecule has 7 heteroatoms. The zero-order valence-electron chi connectivity index (χ0n) is 13.5. The van der Waals surface area contributed by atoms with Gasteiger partial charge in [-0.15, -0.1) is 0 Å². The number of unbranched alkanes of at least 4 members (excludes halogenated alkanes) is 1. The number of hydrogen-bond acceptors (Lipinski definition) is 4. The van der Waals surface area contributed by atoms with E-state index in [2.05, 4.69) is 15.0 Å². The lowest BCUT2D eigenvalue weighted by Gasteiger charge is -2.08. The molecule has 24 heavy (non-hydrogen) atoms. The van der Waals surface area contributed by atoms with Crippen LogP contribution in [0.2, 0.25) is 0 Å². The molecule has 128 valence electrons. The molecule has 0 fully saturated rings. The van der Waals surface area contributed by atoms with E-state index in [1.54, 1.807) is 12.3 Å². The minimum absolute atomic E-state index is 0.153. The van der Waals surface area contributed by atoms with Gasteiger partial charge in [-0.25, -0.2) is 13.1 Å². The standard InChI is InChI=1S/C17H21N3O3S/c1-2-3-12-20-24(22,23)16-9-7-14(8-10-16)17(21)19-13-15-6-4-5-11-18-15/h4-11,20H,2-3,12-13H2,1H3,(H,19,21). The summed E-state index contributed by atoms with van der Waals surface area (Å²) < 4.78 is 26.7. The van der Waals surface area contributed by atoms with Crippen LogP contribution in [0.25, 0.3) is 0 Å². The van der Waals surface area contributed by atoms with Crippen LogP contribution in [-0.4, -0.2) is 25.9 Å². The second-order valence-electron chi connectivity index (χ2n) is 5.28. The maximum atomic E-state index is 12.1. The highest BCUT2D eigenvalue weighted by Crippen LogP contribution is 2.11. The van der Waals surface area contributed by atoms with E-state index in [4.69, 9.17) is 0 Å². The zero-order valence-corrected chi connectivity index (χ0v) is 14.3. The van der Waals surface area contributed by atoms with Gasteiger partial charge in [-0.2, -0.15) is 0 Å². The molecule has 0 aliphatic carbocycles. The van der Waals surface area contributed by atoms with Crippen molar-refractivity contribution in [1.29, 1.82) is 0 Å². The maximum absolute atomic E-state index is 12.1. The number of aromatic nitrogens is 1. The van der Waals surface area contributed by atoms with E-state index in [0.717, 1.165) is 18.5 Å². The highest BCUT2D eigenvalue weighted by Gasteiger charge is 2.14. The second-order valence-corrected chi connectivity index (χ2v) is 7.05. The van der Waals surface area contributed by atoms with Crippen LogP contribution in [0.4, 0.5) is 0 Å². The summed E-state index contributed by atoms with van der Waals surface area (Å²) in [7, 11) is -3.52. The van der Waals surface area contributed by atoms with Crippen LogP contribution in [0.3, 0.4) is 0 Å². The Hall–Kier alpha value is -2.25. The fourth-order valence-electron chi connectivity index (χ4n) is 2.03. The lowest BCUT2D eigenvalue weighted by atomic mass is 10.2. The van der Waals surface area contributed by atoms with Gasteiger partial charge in [-0.1, -0.05) is 19.4 Å². The van der Waals surface area contributed by atoms with Crippen LogP contribution in [0.5, 0.6) is 0 Å². The van der Waals surface area contributed by atoms with Crippen molar-refractivity contribution in [3.05, 3.63) is 59.9 Å². The summed E-state index contributed by atoms with van der Waals surface area (Å²) in [5.41, 5.74) is 1.16. The molecule has 2 rings (SSSR count). The van der Waals surface area contributed by atoms with Crippen molar-refractivity contribution in [1.82, 2.24) is 15.0 Å². The van der Waals surface area contributed by atoms with Gasteiger partial charge in [-0.05, 0) is 42.8 Å². The molecule has 0 saturated heterocycles. The number of hydrogen-bond donors (Lipinski definition) is 2. The molecular formula is C17H21N3O3S. The number of nitrogens with one attached hydrogen (secondary N) is 2. The predicted molar refractivity (Wildman–Crippen MR) is 91.9 cm³/mol. The van der Waals surface area contributed by atoms with Gasteiger partial charge in [0, 0.05) is 18.3 Å². The molecule has 0 aliphatic rings. The second kappa shape index (κ2) is 8.56. The molecular weight excluding hydrogens is 326 g/mol. The lowest BCUT2D eigenvalue weighted by Crippen LogP contribution is -2.25. The third kappa shape index (κ3) is 5.14. The Morgan fingerprint density at radius 3 is 2.50 bits per heavy atom. The van der Waals surface area contributed by atoms with Crippen LogP contribution in [0.1, 0.15) is 35.8 Å². The Labute approximate surface area is 142 Å². The average molecular weight is 347 g/mol. The minimum atomic E-state index is -3.52. The van der Waals surface area contributed by atoms with Gasteiger partial charge in [0.05, 0.1) is 17.1 Å². The molecule has 1 heterocycles. The lowest BCUT2D eigenvalue weighted by molar-refractivity contribution is 0.0950. The summed E-state index contributed by atoms with van der Waals surface area (Å²) in [5, 5.41) is 2.75. The molecule has 1 amide bonds.